The van der Waals surface area contributed by atoms with Crippen LogP contribution in [0.3, 0.4) is 0 Å². The van der Waals surface area contributed by atoms with Gasteiger partial charge >= 0.3 is 23.9 Å². The summed E-state index contributed by atoms with van der Waals surface area (Å²) >= 11 is 0. The molecule has 470 valence electrons. The van der Waals surface area contributed by atoms with Gasteiger partial charge in [-0.15, -0.1) is 0 Å². The van der Waals surface area contributed by atoms with Gasteiger partial charge in [-0.1, -0.05) is 194 Å². The first kappa shape index (κ1) is 65.4. The topological polar surface area (TPSA) is 244 Å². The van der Waals surface area contributed by atoms with Gasteiger partial charge in [0.25, 0.3) is 11.8 Å². The summed E-state index contributed by atoms with van der Waals surface area (Å²) in [5, 5.41) is 41.6. The number of benzene rings is 9. The summed E-state index contributed by atoms with van der Waals surface area (Å²) in [6.07, 6.45) is -1.73. The molecule has 6 N–H and O–H groups in total. The first-order valence-corrected chi connectivity index (χ1v) is 30.4. The van der Waals surface area contributed by atoms with Crippen molar-refractivity contribution in [3.05, 3.63) is 297 Å². The quantitative estimate of drug-likeness (QED) is 0.0203. The van der Waals surface area contributed by atoms with Crippen molar-refractivity contribution < 1.29 is 68.1 Å². The smallest absolute Gasteiger partial charge is 0.324 e. The zero-order valence-corrected chi connectivity index (χ0v) is 51.5. The highest BCUT2D eigenvalue weighted by atomic mass is 16.6. The molecule has 92 heavy (non-hydrogen) atoms. The Morgan fingerprint density at radius 2 is 0.522 bits per heavy atom. The van der Waals surface area contributed by atoms with E-state index in [9.17, 15) is 19.2 Å². The van der Waals surface area contributed by atoms with Gasteiger partial charge in [0.1, 0.15) is 34.1 Å². The Morgan fingerprint density at radius 3 is 0.685 bits per heavy atom. The Balaban J connectivity index is 0.000000544. The van der Waals surface area contributed by atoms with Crippen LogP contribution in [-0.4, -0.2) is 82.5 Å². The molecule has 0 spiro atoms. The number of amides is 2. The highest BCUT2D eigenvalue weighted by Crippen LogP contribution is 2.52. The largest absolute Gasteiger partial charge is 0.508 e. The number of phenols is 4. The van der Waals surface area contributed by atoms with E-state index >= 15 is 9.59 Å². The standard InChI is InChI=1S/C64H60N2O10.2C6H6O2/c1-5-73-57(69)61(58(70)74-6-2)39-49-50(40-61)54(56(68)66-64(46-33-21-12-22-34-46,47-35-23-13-24-36-47)48-37-25-14-26-38-48)52-42-62(59(71)75-7-3,60(72)76-8-4)41-51(52)53(49)55(67)65-63(43-27-15-9-16-28-43,44-29-17-10-18-30-44)45-31-19-11-20-32-45;2*7-5-2-1-3-6(8)4-5/h9-38H,5-8,39-42H2,1-4H3,(H,65,67)(H,66,68);2*1-4,7-8H. The first-order chi connectivity index (χ1) is 44.5. The lowest BCUT2D eigenvalue weighted by Crippen LogP contribution is -2.49. The van der Waals surface area contributed by atoms with Crippen LogP contribution in [0.5, 0.6) is 23.0 Å². The molecule has 16 heteroatoms. The fourth-order valence-corrected chi connectivity index (χ4v) is 12.5. The van der Waals surface area contributed by atoms with Crippen LogP contribution in [0.1, 0.15) is 104 Å². The molecule has 0 unspecified atom stereocenters. The normalized spacial score (nSPS) is 13.2. The molecule has 0 fully saturated rings. The van der Waals surface area contributed by atoms with Crippen molar-refractivity contribution in [2.75, 3.05) is 26.4 Å². The second-order valence-corrected chi connectivity index (χ2v) is 22.1. The first-order valence-electron chi connectivity index (χ1n) is 30.4. The van der Waals surface area contributed by atoms with E-state index in [4.69, 9.17) is 39.4 Å². The fraction of sp³-hybridized carbons (Fsp3) is 0.211. The number of nitrogens with one attached hydrogen (secondary N) is 2. The van der Waals surface area contributed by atoms with Crippen molar-refractivity contribution in [3.63, 3.8) is 0 Å². The summed E-state index contributed by atoms with van der Waals surface area (Å²) in [7, 11) is 0. The molecule has 2 amide bonds. The Morgan fingerprint density at radius 1 is 0.326 bits per heavy atom. The summed E-state index contributed by atoms with van der Waals surface area (Å²) in [5.74, 6) is -4.57. The highest BCUT2D eigenvalue weighted by molar-refractivity contribution is 6.10. The second-order valence-electron chi connectivity index (χ2n) is 22.1. The average Bonchev–Trinajstić information content (AvgIpc) is 1.54. The molecule has 0 atom stereocenters. The lowest BCUT2D eigenvalue weighted by Gasteiger charge is -2.38. The molecule has 0 aliphatic heterocycles. The minimum absolute atomic E-state index is 0.0138. The number of ether oxygens (including phenoxy) is 4. The van der Waals surface area contributed by atoms with Crippen molar-refractivity contribution in [1.82, 2.24) is 10.6 Å². The molecule has 0 saturated heterocycles. The van der Waals surface area contributed by atoms with Gasteiger partial charge in [0.15, 0.2) is 10.8 Å². The molecule has 0 aromatic heterocycles. The van der Waals surface area contributed by atoms with Crippen LogP contribution in [0.4, 0.5) is 0 Å². The van der Waals surface area contributed by atoms with E-state index in [0.29, 0.717) is 33.4 Å². The molecule has 9 aromatic carbocycles. The molecule has 2 aliphatic carbocycles. The molecule has 11 rings (SSSR count). The monoisotopic (exact) mass is 1240 g/mol. The zero-order valence-electron chi connectivity index (χ0n) is 51.5. The van der Waals surface area contributed by atoms with Gasteiger partial charge in [0.05, 0.1) is 26.4 Å². The van der Waals surface area contributed by atoms with Crippen LogP contribution >= 0.6 is 0 Å². The minimum atomic E-state index is -2.07. The summed E-state index contributed by atoms with van der Waals surface area (Å²) in [6, 6.07) is 68.6. The van der Waals surface area contributed by atoms with Crippen LogP contribution in [0.15, 0.2) is 231 Å². The summed E-state index contributed by atoms with van der Waals surface area (Å²) in [4.78, 5) is 91.8. The number of carbonyl (C=O) groups is 6. The van der Waals surface area contributed by atoms with E-state index in [1.165, 1.54) is 36.4 Å². The molecular weight excluding hydrogens is 1160 g/mol. The third kappa shape index (κ3) is 13.2. The highest BCUT2D eigenvalue weighted by Gasteiger charge is 2.60. The predicted octanol–water partition coefficient (Wildman–Crippen LogP) is 11.7. The van der Waals surface area contributed by atoms with Crippen LogP contribution in [0.2, 0.25) is 0 Å². The summed E-state index contributed by atoms with van der Waals surface area (Å²) in [6.45, 7) is 6.16. The Kier molecular flexibility index (Phi) is 20.7. The van der Waals surface area contributed by atoms with Crippen molar-refractivity contribution >= 4 is 35.7 Å². The van der Waals surface area contributed by atoms with Crippen LogP contribution in [0.25, 0.3) is 0 Å². The molecule has 2 aliphatic rings. The van der Waals surface area contributed by atoms with Crippen molar-refractivity contribution in [2.45, 2.75) is 64.5 Å². The van der Waals surface area contributed by atoms with E-state index in [1.54, 1.807) is 39.8 Å². The molecule has 0 radical (unpaired) electrons. The Hall–Kier alpha value is -11.0. The number of phenolic OH excluding ortho intramolecular Hbond substituents is 4. The van der Waals surface area contributed by atoms with E-state index in [0.717, 1.165) is 0 Å². The van der Waals surface area contributed by atoms with Gasteiger partial charge in [-0.3, -0.25) is 28.8 Å². The third-order valence-corrected chi connectivity index (χ3v) is 16.5. The third-order valence-electron chi connectivity index (χ3n) is 16.5. The molecular formula is C76H72N2O14. The van der Waals surface area contributed by atoms with Gasteiger partial charge in [-0.05, 0) is 108 Å². The minimum Gasteiger partial charge on any atom is -0.508 e. The van der Waals surface area contributed by atoms with Crippen molar-refractivity contribution in [2.24, 2.45) is 10.8 Å². The number of carbonyl (C=O) groups excluding carboxylic acids is 6. The maximum absolute atomic E-state index is 16.5. The average molecular weight is 1240 g/mol. The number of hydrogen-bond donors (Lipinski definition) is 6. The van der Waals surface area contributed by atoms with Crippen LogP contribution in [0, 0.1) is 10.8 Å². The van der Waals surface area contributed by atoms with Gasteiger partial charge in [-0.25, -0.2) is 0 Å². The molecule has 0 bridgehead atoms. The van der Waals surface area contributed by atoms with Crippen LogP contribution < -0.4 is 10.6 Å². The SMILES string of the molecule is CCOC(=O)C1(C(=O)OCC)Cc2c(c(C(=O)NC(c3ccccc3)(c3ccccc3)c3ccccc3)c3c(c2C(=O)NC(c2ccccc2)(c2ccccc2)c2ccccc2)CC(C(=O)OCC)(C(=O)OCC)C3)C1.Oc1cccc(O)c1.Oc1cccc(O)c1. The molecule has 0 heterocycles. The maximum atomic E-state index is 16.5. The van der Waals surface area contributed by atoms with Gasteiger partial charge in [0, 0.05) is 48.9 Å². The Bertz CT molecular complexity index is 3490. The second kappa shape index (κ2) is 29.1. The van der Waals surface area contributed by atoms with E-state index in [2.05, 4.69) is 10.6 Å². The number of rotatable bonds is 18. The maximum Gasteiger partial charge on any atom is 0.324 e. The zero-order chi connectivity index (χ0) is 65.5. The van der Waals surface area contributed by atoms with Crippen molar-refractivity contribution in [1.29, 1.82) is 0 Å². The van der Waals surface area contributed by atoms with Gasteiger partial charge in [0.2, 0.25) is 0 Å². The summed E-state index contributed by atoms with van der Waals surface area (Å²) in [5.41, 5.74) is -2.06. The lowest BCUT2D eigenvalue weighted by molar-refractivity contribution is -0.172. The number of aromatic hydroxyl groups is 4. The number of fused-ring (bicyclic) bond motifs is 2. The van der Waals surface area contributed by atoms with Gasteiger partial charge < -0.3 is 50.0 Å². The molecule has 16 nitrogen and oxygen atoms in total. The lowest BCUT2D eigenvalue weighted by atomic mass is 9.76. The van der Waals surface area contributed by atoms with E-state index in [1.807, 2.05) is 182 Å². The summed E-state index contributed by atoms with van der Waals surface area (Å²) < 4.78 is 22.9. The van der Waals surface area contributed by atoms with E-state index in [-0.39, 0.29) is 82.8 Å². The van der Waals surface area contributed by atoms with Crippen molar-refractivity contribution in [3.8, 4) is 23.0 Å². The van der Waals surface area contributed by atoms with Gasteiger partial charge in [-0.2, -0.15) is 0 Å². The number of hydrogen-bond acceptors (Lipinski definition) is 14. The molecule has 0 saturated carbocycles. The van der Waals surface area contributed by atoms with Crippen LogP contribution in [-0.2, 0) is 74.9 Å². The number of esters is 4. The fourth-order valence-electron chi connectivity index (χ4n) is 12.5. The van der Waals surface area contributed by atoms with E-state index < -0.39 is 83.3 Å². The molecule has 9 aromatic rings. The predicted molar refractivity (Wildman–Crippen MR) is 346 cm³/mol. The Labute approximate surface area is 534 Å².